The second-order valence-electron chi connectivity index (χ2n) is 10.6. The molecule has 3 N–H and O–H groups in total. The minimum Gasteiger partial charge on any atom is -0.341 e. The maximum absolute atomic E-state index is 15.4. The number of alkyl halides is 3. The summed E-state index contributed by atoms with van der Waals surface area (Å²) in [6.07, 6.45) is -0.0482. The van der Waals surface area contributed by atoms with Gasteiger partial charge < -0.3 is 10.3 Å². The zero-order valence-corrected chi connectivity index (χ0v) is 22.3. The number of benzene rings is 2. The second kappa shape index (κ2) is 9.40. The molecule has 1 saturated carbocycles. The van der Waals surface area contributed by atoms with Crippen molar-refractivity contribution in [3.63, 3.8) is 0 Å². The number of halogens is 4. The summed E-state index contributed by atoms with van der Waals surface area (Å²) in [6.45, 7) is 2.17. The summed E-state index contributed by atoms with van der Waals surface area (Å²) in [7, 11) is 1.75. The van der Waals surface area contributed by atoms with E-state index in [0.29, 0.717) is 35.4 Å². The van der Waals surface area contributed by atoms with E-state index in [1.54, 1.807) is 24.7 Å². The van der Waals surface area contributed by atoms with E-state index in [2.05, 4.69) is 35.6 Å². The van der Waals surface area contributed by atoms with E-state index in [0.717, 1.165) is 29.4 Å². The van der Waals surface area contributed by atoms with Gasteiger partial charge in [0.25, 0.3) is 0 Å². The van der Waals surface area contributed by atoms with E-state index < -0.39 is 18.0 Å². The topological polar surface area (TPSA) is 103 Å². The minimum atomic E-state index is -4.49. The Labute approximate surface area is 232 Å². The van der Waals surface area contributed by atoms with Gasteiger partial charge >= 0.3 is 6.18 Å². The molecule has 4 heterocycles. The van der Waals surface area contributed by atoms with Gasteiger partial charge in [-0.05, 0) is 55.1 Å². The Morgan fingerprint density at radius 3 is 2.68 bits per heavy atom. The van der Waals surface area contributed by atoms with Crippen LogP contribution in [0.5, 0.6) is 0 Å². The number of hydrogen-bond acceptors (Lipinski definition) is 6. The van der Waals surface area contributed by atoms with Crippen LogP contribution < -0.4 is 5.32 Å². The monoisotopic (exact) mass is 565 g/mol. The van der Waals surface area contributed by atoms with Crippen LogP contribution in [-0.2, 0) is 13.5 Å². The third-order valence-corrected chi connectivity index (χ3v) is 7.94. The molecule has 3 aromatic heterocycles. The fourth-order valence-electron chi connectivity index (χ4n) is 5.77. The van der Waals surface area contributed by atoms with Crippen LogP contribution in [0.4, 0.5) is 29.2 Å². The van der Waals surface area contributed by atoms with E-state index in [1.165, 1.54) is 22.6 Å². The molecule has 1 atom stereocenters. The van der Waals surface area contributed by atoms with Crippen LogP contribution in [0.2, 0.25) is 0 Å². The molecule has 5 aromatic rings. The van der Waals surface area contributed by atoms with Gasteiger partial charge in [0.2, 0.25) is 5.95 Å². The molecule has 41 heavy (non-hydrogen) atoms. The number of imidazole rings is 1. The molecular formula is C28H27F4N9. The number of H-pyrrole nitrogens is 2. The van der Waals surface area contributed by atoms with Crippen molar-refractivity contribution in [2.24, 2.45) is 7.05 Å². The largest absolute Gasteiger partial charge is 0.409 e. The summed E-state index contributed by atoms with van der Waals surface area (Å²) in [5.74, 6) is 0.702. The number of aromatic amines is 2. The number of rotatable bonds is 6. The highest BCUT2D eigenvalue weighted by molar-refractivity contribution is 5.89. The number of fused-ring (bicyclic) bond motifs is 2. The van der Waals surface area contributed by atoms with Crippen LogP contribution in [0.1, 0.15) is 48.7 Å². The van der Waals surface area contributed by atoms with Crippen molar-refractivity contribution in [3.05, 3.63) is 59.3 Å². The zero-order valence-electron chi connectivity index (χ0n) is 22.3. The Kier molecular flexibility index (Phi) is 5.89. The SMILES string of the molecule is CCN1CCc2[nH]c(-c3ccc(-c4nc(Nc5ccc6[nH]ncc6c5C5CC5)n(C)n4)cc3F)nc2C1C(F)(F)F. The first-order valence-electron chi connectivity index (χ1n) is 13.5. The Morgan fingerprint density at radius 2 is 1.95 bits per heavy atom. The lowest BCUT2D eigenvalue weighted by Gasteiger charge is -2.34. The number of aryl methyl sites for hydroxylation is 1. The highest BCUT2D eigenvalue weighted by atomic mass is 19.4. The van der Waals surface area contributed by atoms with Crippen molar-refractivity contribution in [2.45, 2.75) is 44.3 Å². The quantitative estimate of drug-likeness (QED) is 0.219. The van der Waals surface area contributed by atoms with E-state index >= 15 is 4.39 Å². The Balaban J connectivity index is 1.18. The lowest BCUT2D eigenvalue weighted by atomic mass is 10.0. The number of hydrogen-bond donors (Lipinski definition) is 3. The third kappa shape index (κ3) is 4.44. The second-order valence-corrected chi connectivity index (χ2v) is 10.6. The lowest BCUT2D eigenvalue weighted by molar-refractivity contribution is -0.189. The summed E-state index contributed by atoms with van der Waals surface area (Å²) >= 11 is 0. The van der Waals surface area contributed by atoms with Gasteiger partial charge in [-0.25, -0.2) is 14.1 Å². The van der Waals surface area contributed by atoms with Crippen LogP contribution >= 0.6 is 0 Å². The van der Waals surface area contributed by atoms with Crippen LogP contribution in [0.3, 0.4) is 0 Å². The van der Waals surface area contributed by atoms with Crippen molar-refractivity contribution in [2.75, 3.05) is 18.4 Å². The maximum atomic E-state index is 15.4. The number of likely N-dealkylation sites (N-methyl/N-ethyl adjacent to an activating group) is 1. The Hall–Kier alpha value is -4.26. The van der Waals surface area contributed by atoms with Gasteiger partial charge in [-0.3, -0.25) is 10.00 Å². The molecule has 0 bridgehead atoms. The molecule has 2 aromatic carbocycles. The van der Waals surface area contributed by atoms with Gasteiger partial charge in [-0.15, -0.1) is 5.10 Å². The molecular weight excluding hydrogens is 538 g/mol. The van der Waals surface area contributed by atoms with Gasteiger partial charge in [-0.2, -0.15) is 23.3 Å². The summed E-state index contributed by atoms with van der Waals surface area (Å²) < 4.78 is 58.6. The van der Waals surface area contributed by atoms with Gasteiger partial charge in [0, 0.05) is 42.3 Å². The number of anilines is 2. The summed E-state index contributed by atoms with van der Waals surface area (Å²) in [5.41, 5.74) is 3.90. The molecule has 7 rings (SSSR count). The summed E-state index contributed by atoms with van der Waals surface area (Å²) in [6, 6.07) is 6.56. The highest BCUT2D eigenvalue weighted by Crippen LogP contribution is 2.47. The number of nitrogens with one attached hydrogen (secondary N) is 3. The summed E-state index contributed by atoms with van der Waals surface area (Å²) in [4.78, 5) is 13.1. The van der Waals surface area contributed by atoms with E-state index in [9.17, 15) is 13.2 Å². The molecule has 1 unspecified atom stereocenters. The molecule has 0 radical (unpaired) electrons. The van der Waals surface area contributed by atoms with Crippen LogP contribution in [0, 0.1) is 5.82 Å². The average molecular weight is 566 g/mol. The van der Waals surface area contributed by atoms with Crippen molar-refractivity contribution in [1.29, 1.82) is 0 Å². The van der Waals surface area contributed by atoms with Crippen molar-refractivity contribution in [1.82, 2.24) is 39.8 Å². The van der Waals surface area contributed by atoms with Gasteiger partial charge in [0.15, 0.2) is 11.9 Å². The molecule has 0 spiro atoms. The molecule has 13 heteroatoms. The molecule has 2 aliphatic rings. The Morgan fingerprint density at radius 1 is 1.12 bits per heavy atom. The first kappa shape index (κ1) is 25.7. The Bertz CT molecular complexity index is 1760. The van der Waals surface area contributed by atoms with Gasteiger partial charge in [0.05, 0.1) is 23.0 Å². The standard InChI is InChI=1S/C28H27F4N9/c1-3-41-11-10-21-23(24(41)28(30,31)32)36-26(34-21)16-7-6-15(12-18(16)29)25-37-27(40(2)39-25)35-20-9-8-19-17(13-33-38-19)22(20)14-4-5-14/h6-9,12-14,24H,3-5,10-11H2,1-2H3,(H,33,38)(H,34,36)(H,35,37,39). The average Bonchev–Trinajstić information content (AvgIpc) is 3.32. The molecule has 0 saturated heterocycles. The van der Waals surface area contributed by atoms with E-state index in [-0.39, 0.29) is 30.2 Å². The van der Waals surface area contributed by atoms with Crippen molar-refractivity contribution >= 4 is 22.5 Å². The van der Waals surface area contributed by atoms with Crippen LogP contribution in [-0.4, -0.2) is 59.1 Å². The zero-order chi connectivity index (χ0) is 28.5. The molecule has 1 aliphatic carbocycles. The molecule has 1 aliphatic heterocycles. The lowest BCUT2D eigenvalue weighted by Crippen LogP contribution is -2.43. The smallest absolute Gasteiger partial charge is 0.341 e. The van der Waals surface area contributed by atoms with E-state index in [1.807, 2.05) is 18.3 Å². The fraction of sp³-hybridized carbons (Fsp3) is 0.357. The normalized spacial score (nSPS) is 17.8. The molecule has 0 amide bonds. The van der Waals surface area contributed by atoms with Crippen molar-refractivity contribution < 1.29 is 17.6 Å². The van der Waals surface area contributed by atoms with Crippen LogP contribution in [0.25, 0.3) is 33.7 Å². The number of aromatic nitrogens is 7. The predicted molar refractivity (Wildman–Crippen MR) is 145 cm³/mol. The molecule has 212 valence electrons. The van der Waals surface area contributed by atoms with Crippen LogP contribution in [0.15, 0.2) is 36.5 Å². The number of nitrogens with zero attached hydrogens (tertiary/aromatic N) is 6. The van der Waals surface area contributed by atoms with Crippen molar-refractivity contribution in [3.8, 4) is 22.8 Å². The molecule has 9 nitrogen and oxygen atoms in total. The first-order chi connectivity index (χ1) is 19.7. The highest BCUT2D eigenvalue weighted by Gasteiger charge is 2.48. The third-order valence-electron chi connectivity index (χ3n) is 7.94. The fourth-order valence-corrected chi connectivity index (χ4v) is 5.77. The van der Waals surface area contributed by atoms with Gasteiger partial charge in [-0.1, -0.05) is 13.0 Å². The minimum absolute atomic E-state index is 0.0739. The van der Waals surface area contributed by atoms with E-state index in [4.69, 9.17) is 0 Å². The predicted octanol–water partition coefficient (Wildman–Crippen LogP) is 5.99. The first-order valence-corrected chi connectivity index (χ1v) is 13.5. The molecule has 1 fully saturated rings. The van der Waals surface area contributed by atoms with Gasteiger partial charge in [0.1, 0.15) is 11.6 Å². The maximum Gasteiger partial charge on any atom is 0.409 e. The summed E-state index contributed by atoms with van der Waals surface area (Å²) in [5, 5.41) is 16.1.